The summed E-state index contributed by atoms with van der Waals surface area (Å²) in [7, 11) is 1.47. The van der Waals surface area contributed by atoms with Crippen LogP contribution in [0.3, 0.4) is 0 Å². The molecular formula is C22H25F3N2O4. The Balaban J connectivity index is 1.93. The number of alkyl halides is 3. The fraction of sp³-hybridized carbons (Fsp3) is 0.455. The molecule has 168 valence electrons. The first-order valence-electron chi connectivity index (χ1n) is 9.82. The molecule has 9 heteroatoms. The number of aromatic amines is 1. The molecule has 0 bridgehead atoms. The Morgan fingerprint density at radius 3 is 2.58 bits per heavy atom. The average molecular weight is 438 g/mol. The van der Waals surface area contributed by atoms with Crippen molar-refractivity contribution in [1.82, 2.24) is 4.98 Å². The Kier molecular flexibility index (Phi) is 6.18. The van der Waals surface area contributed by atoms with Crippen molar-refractivity contribution in [2.24, 2.45) is 5.41 Å². The number of amides is 1. The first-order valence-corrected chi connectivity index (χ1v) is 9.82. The maximum Gasteiger partial charge on any atom is 0.416 e. The van der Waals surface area contributed by atoms with Crippen LogP contribution < -0.4 is 10.1 Å². The first kappa shape index (κ1) is 22.9. The van der Waals surface area contributed by atoms with Crippen LogP contribution in [0.5, 0.6) is 5.75 Å². The molecule has 3 rings (SSSR count). The van der Waals surface area contributed by atoms with E-state index in [1.165, 1.54) is 7.11 Å². The zero-order chi connectivity index (χ0) is 23.0. The molecule has 0 radical (unpaired) electrons. The van der Waals surface area contributed by atoms with E-state index in [0.717, 1.165) is 18.2 Å². The summed E-state index contributed by atoms with van der Waals surface area (Å²) in [6, 6.07) is 2.87. The number of ether oxygens (including phenoxy) is 2. The van der Waals surface area contributed by atoms with E-state index in [1.54, 1.807) is 6.92 Å². The van der Waals surface area contributed by atoms with Gasteiger partial charge in [0, 0.05) is 24.8 Å². The number of hydrogen-bond donors (Lipinski definition) is 2. The van der Waals surface area contributed by atoms with Gasteiger partial charge in [0.15, 0.2) is 5.78 Å². The minimum absolute atomic E-state index is 0.0540. The van der Waals surface area contributed by atoms with Crippen molar-refractivity contribution in [2.45, 2.75) is 39.8 Å². The highest BCUT2D eigenvalue weighted by Crippen LogP contribution is 2.38. The predicted octanol–water partition coefficient (Wildman–Crippen LogP) is 4.77. The number of fused-ring (bicyclic) bond motifs is 1. The highest BCUT2D eigenvalue weighted by Gasteiger charge is 2.36. The summed E-state index contributed by atoms with van der Waals surface area (Å²) >= 11 is 0. The average Bonchev–Trinajstić information content (AvgIpc) is 2.97. The zero-order valence-electron chi connectivity index (χ0n) is 17.8. The Morgan fingerprint density at radius 1 is 1.23 bits per heavy atom. The van der Waals surface area contributed by atoms with Crippen LogP contribution in [0.15, 0.2) is 18.2 Å². The number of benzene rings is 1. The molecule has 1 heterocycles. The van der Waals surface area contributed by atoms with Gasteiger partial charge in [-0.05, 0) is 42.5 Å². The molecule has 1 aliphatic rings. The standard InChI is InChI=1S/C22H25F3N2O4/c1-12-18-15(10-21(2,3)11-16(18)28)26-19(12)20(29)27-14-9-13(22(23,24)25)5-6-17(14)31-8-7-30-4/h5-6,9,26H,7-8,10-11H2,1-4H3,(H,27,29). The molecule has 2 N–H and O–H groups in total. The number of halogens is 3. The number of H-pyrrole nitrogens is 1. The van der Waals surface area contributed by atoms with Crippen molar-refractivity contribution in [3.63, 3.8) is 0 Å². The monoisotopic (exact) mass is 438 g/mol. The molecule has 0 saturated heterocycles. The quantitative estimate of drug-likeness (QED) is 0.637. The van der Waals surface area contributed by atoms with E-state index in [4.69, 9.17) is 9.47 Å². The Hall–Kier alpha value is -2.81. The van der Waals surface area contributed by atoms with Crippen LogP contribution in [-0.4, -0.2) is 37.0 Å². The van der Waals surface area contributed by atoms with Crippen molar-refractivity contribution < 1.29 is 32.2 Å². The summed E-state index contributed by atoms with van der Waals surface area (Å²) in [5.74, 6) is -0.611. The molecule has 2 aromatic rings. The number of rotatable bonds is 6. The lowest BCUT2D eigenvalue weighted by atomic mass is 9.75. The first-order chi connectivity index (χ1) is 14.4. The lowest BCUT2D eigenvalue weighted by Crippen LogP contribution is -2.26. The topological polar surface area (TPSA) is 80.4 Å². The normalized spacial score (nSPS) is 15.5. The summed E-state index contributed by atoms with van der Waals surface area (Å²) in [5, 5.41) is 2.50. The second-order valence-electron chi connectivity index (χ2n) is 8.42. The van der Waals surface area contributed by atoms with E-state index in [2.05, 4.69) is 10.3 Å². The fourth-order valence-corrected chi connectivity index (χ4v) is 3.81. The molecule has 1 aromatic carbocycles. The fourth-order valence-electron chi connectivity index (χ4n) is 3.81. The summed E-state index contributed by atoms with van der Waals surface area (Å²) in [4.78, 5) is 28.5. The number of nitrogens with one attached hydrogen (secondary N) is 2. The largest absolute Gasteiger partial charge is 0.489 e. The second kappa shape index (κ2) is 8.37. The number of carbonyl (C=O) groups excluding carboxylic acids is 2. The Bertz CT molecular complexity index is 1010. The number of Topliss-reactive ketones (excluding diaryl/α,β-unsaturated/α-hetero) is 1. The van der Waals surface area contributed by atoms with Crippen molar-refractivity contribution in [1.29, 1.82) is 0 Å². The molecule has 0 spiro atoms. The lowest BCUT2D eigenvalue weighted by molar-refractivity contribution is -0.137. The molecule has 0 unspecified atom stereocenters. The van der Waals surface area contributed by atoms with Gasteiger partial charge in [-0.2, -0.15) is 13.2 Å². The van der Waals surface area contributed by atoms with E-state index in [9.17, 15) is 22.8 Å². The molecular weight excluding hydrogens is 413 g/mol. The van der Waals surface area contributed by atoms with Crippen molar-refractivity contribution >= 4 is 17.4 Å². The van der Waals surface area contributed by atoms with E-state index in [0.29, 0.717) is 29.7 Å². The van der Waals surface area contributed by atoms with Gasteiger partial charge in [0.1, 0.15) is 18.1 Å². The molecule has 0 atom stereocenters. The summed E-state index contributed by atoms with van der Waals surface area (Å²) in [6.07, 6.45) is -3.62. The van der Waals surface area contributed by atoms with E-state index in [-0.39, 0.29) is 41.5 Å². The lowest BCUT2D eigenvalue weighted by Gasteiger charge is -2.28. The molecule has 0 saturated carbocycles. The van der Waals surface area contributed by atoms with Gasteiger partial charge >= 0.3 is 6.18 Å². The minimum Gasteiger partial charge on any atom is -0.489 e. The van der Waals surface area contributed by atoms with Gasteiger partial charge in [-0.25, -0.2) is 0 Å². The number of aromatic nitrogens is 1. The van der Waals surface area contributed by atoms with Crippen LogP contribution in [0.2, 0.25) is 0 Å². The third-order valence-corrected chi connectivity index (χ3v) is 5.23. The van der Waals surface area contributed by atoms with Gasteiger partial charge < -0.3 is 19.8 Å². The number of carbonyl (C=O) groups is 2. The van der Waals surface area contributed by atoms with Crippen LogP contribution in [0.1, 0.15) is 57.9 Å². The molecule has 1 aliphatic carbocycles. The van der Waals surface area contributed by atoms with E-state index in [1.807, 2.05) is 13.8 Å². The van der Waals surface area contributed by atoms with Gasteiger partial charge in [0.2, 0.25) is 0 Å². The molecule has 6 nitrogen and oxygen atoms in total. The maximum atomic E-state index is 13.2. The second-order valence-corrected chi connectivity index (χ2v) is 8.42. The van der Waals surface area contributed by atoms with Crippen LogP contribution in [0.4, 0.5) is 18.9 Å². The minimum atomic E-state index is -4.58. The Labute approximate surface area is 178 Å². The SMILES string of the molecule is COCCOc1ccc(C(F)(F)F)cc1NC(=O)c1[nH]c2c(c1C)C(=O)CC(C)(C)C2. The van der Waals surface area contributed by atoms with Crippen LogP contribution in [0, 0.1) is 12.3 Å². The van der Waals surface area contributed by atoms with Crippen molar-refractivity contribution in [2.75, 3.05) is 25.6 Å². The van der Waals surface area contributed by atoms with E-state index >= 15 is 0 Å². The van der Waals surface area contributed by atoms with Gasteiger partial charge in [0.25, 0.3) is 5.91 Å². The van der Waals surface area contributed by atoms with Crippen molar-refractivity contribution in [3.05, 3.63) is 46.3 Å². The zero-order valence-corrected chi connectivity index (χ0v) is 17.8. The van der Waals surface area contributed by atoms with Gasteiger partial charge in [-0.3, -0.25) is 9.59 Å². The molecule has 1 amide bonds. The maximum absolute atomic E-state index is 13.2. The third kappa shape index (κ3) is 4.92. The number of anilines is 1. The highest BCUT2D eigenvalue weighted by molar-refractivity contribution is 6.09. The van der Waals surface area contributed by atoms with Gasteiger partial charge in [0.05, 0.1) is 17.9 Å². The summed E-state index contributed by atoms with van der Waals surface area (Å²) in [5.41, 5.74) is 0.530. The summed E-state index contributed by atoms with van der Waals surface area (Å²) in [6.45, 7) is 5.92. The van der Waals surface area contributed by atoms with Crippen LogP contribution >= 0.6 is 0 Å². The molecule has 31 heavy (non-hydrogen) atoms. The van der Waals surface area contributed by atoms with Crippen LogP contribution in [0.25, 0.3) is 0 Å². The Morgan fingerprint density at radius 2 is 1.94 bits per heavy atom. The number of hydrogen-bond acceptors (Lipinski definition) is 4. The highest BCUT2D eigenvalue weighted by atomic mass is 19.4. The third-order valence-electron chi connectivity index (χ3n) is 5.23. The molecule has 0 aliphatic heterocycles. The number of ketones is 1. The van der Waals surface area contributed by atoms with Gasteiger partial charge in [-0.15, -0.1) is 0 Å². The van der Waals surface area contributed by atoms with Crippen molar-refractivity contribution in [3.8, 4) is 5.75 Å². The molecule has 1 aromatic heterocycles. The van der Waals surface area contributed by atoms with Gasteiger partial charge in [-0.1, -0.05) is 13.8 Å². The summed E-state index contributed by atoms with van der Waals surface area (Å²) < 4.78 is 49.9. The number of methoxy groups -OCH3 is 1. The van der Waals surface area contributed by atoms with Crippen LogP contribution in [-0.2, 0) is 17.3 Å². The predicted molar refractivity (Wildman–Crippen MR) is 109 cm³/mol. The van der Waals surface area contributed by atoms with E-state index < -0.39 is 17.6 Å². The smallest absolute Gasteiger partial charge is 0.416 e. The molecule has 0 fully saturated rings.